The lowest BCUT2D eigenvalue weighted by Gasteiger charge is -2.24. The summed E-state index contributed by atoms with van der Waals surface area (Å²) in [6, 6.07) is 29.5. The zero-order chi connectivity index (χ0) is 27.1. The molecule has 9 nitrogen and oxygen atoms in total. The Morgan fingerprint density at radius 3 is 2.16 bits per heavy atom. The van der Waals surface area contributed by atoms with Gasteiger partial charge in [-0.2, -0.15) is 0 Å². The van der Waals surface area contributed by atoms with Gasteiger partial charge >= 0.3 is 6.03 Å². The fraction of sp³-hybridized carbons (Fsp3) is 0.0714. The number of carbonyl (C=O) groups excluding carboxylic acids is 1. The van der Waals surface area contributed by atoms with Crippen molar-refractivity contribution in [3.63, 3.8) is 0 Å². The van der Waals surface area contributed by atoms with E-state index in [1.165, 1.54) is 6.07 Å². The van der Waals surface area contributed by atoms with Gasteiger partial charge in [0.05, 0.1) is 4.90 Å². The second-order valence-electron chi connectivity index (χ2n) is 8.58. The predicted molar refractivity (Wildman–Crippen MR) is 146 cm³/mol. The van der Waals surface area contributed by atoms with E-state index in [4.69, 9.17) is 15.8 Å². The van der Waals surface area contributed by atoms with E-state index in [-0.39, 0.29) is 23.3 Å². The van der Waals surface area contributed by atoms with Gasteiger partial charge in [-0.1, -0.05) is 78.9 Å². The number of sulfonamides is 1. The molecule has 0 atom stereocenters. The standard InChI is InChI=1S/C28H27N5O4S/c29-27(32-35)23-10-6-9-21(17-23)19-33(18-20-7-2-1-3-8-20)28(34)31-24-15-13-22(14-16-24)25-11-4-5-12-26(25)38(30,36)37/h1-17,35H,18-19H2,(H2,29,32)(H,31,34)(H2,30,36,37). The summed E-state index contributed by atoms with van der Waals surface area (Å²) in [6.45, 7) is 0.597. The summed E-state index contributed by atoms with van der Waals surface area (Å²) in [5.41, 5.74) is 5.70. The van der Waals surface area contributed by atoms with Gasteiger partial charge in [0.15, 0.2) is 0 Å². The number of nitrogens with zero attached hydrogens (tertiary/aromatic N) is 1. The fourth-order valence-corrected chi connectivity index (χ4v) is 4.76. The minimum Gasteiger partial charge on any atom is -0.316 e. The largest absolute Gasteiger partial charge is 0.322 e. The van der Waals surface area contributed by atoms with E-state index < -0.39 is 10.0 Å². The molecule has 2 amide bonds. The quantitative estimate of drug-likeness (QED) is 0.129. The van der Waals surface area contributed by atoms with Gasteiger partial charge in [0.2, 0.25) is 10.0 Å². The molecule has 0 aliphatic rings. The highest BCUT2D eigenvalue weighted by molar-refractivity contribution is 7.89. The molecule has 0 aromatic heterocycles. The van der Waals surface area contributed by atoms with Gasteiger partial charge in [0.1, 0.15) is 5.84 Å². The Bertz CT molecular complexity index is 1540. The monoisotopic (exact) mass is 529 g/mol. The summed E-state index contributed by atoms with van der Waals surface area (Å²) in [5.74, 6) is -0.144. The Kier molecular flexibility index (Phi) is 8.17. The minimum absolute atomic E-state index is 0.0255. The lowest BCUT2D eigenvalue weighted by atomic mass is 10.1. The van der Waals surface area contributed by atoms with Crippen molar-refractivity contribution in [1.29, 1.82) is 5.41 Å². The Hall–Kier alpha value is -4.51. The van der Waals surface area contributed by atoms with Gasteiger partial charge in [-0.15, -0.1) is 0 Å². The molecule has 0 bridgehead atoms. The number of amidine groups is 1. The average molecular weight is 530 g/mol. The lowest BCUT2D eigenvalue weighted by Crippen LogP contribution is -2.34. The Balaban J connectivity index is 1.56. The van der Waals surface area contributed by atoms with Crippen LogP contribution in [0.1, 0.15) is 16.7 Å². The van der Waals surface area contributed by atoms with Crippen LogP contribution < -0.4 is 15.9 Å². The molecule has 38 heavy (non-hydrogen) atoms. The van der Waals surface area contributed by atoms with Crippen molar-refractivity contribution in [3.05, 3.63) is 120 Å². The number of hydrogen-bond donors (Lipinski definition) is 5. The molecule has 0 aliphatic carbocycles. The van der Waals surface area contributed by atoms with Crippen LogP contribution in [0.25, 0.3) is 11.1 Å². The van der Waals surface area contributed by atoms with E-state index in [2.05, 4.69) is 5.32 Å². The third-order valence-corrected chi connectivity index (χ3v) is 6.81. The predicted octanol–water partition coefficient (Wildman–Crippen LogP) is 4.54. The maximum atomic E-state index is 13.4. The number of amides is 2. The molecule has 4 aromatic rings. The first kappa shape index (κ1) is 26.6. The molecule has 6 N–H and O–H groups in total. The Morgan fingerprint density at radius 2 is 1.47 bits per heavy atom. The fourth-order valence-electron chi connectivity index (χ4n) is 4.00. The van der Waals surface area contributed by atoms with Gasteiger partial charge in [0.25, 0.3) is 0 Å². The van der Waals surface area contributed by atoms with E-state index in [0.717, 1.165) is 11.1 Å². The van der Waals surface area contributed by atoms with Crippen LogP contribution in [0.15, 0.2) is 108 Å². The minimum atomic E-state index is -3.90. The maximum Gasteiger partial charge on any atom is 0.322 e. The highest BCUT2D eigenvalue weighted by Crippen LogP contribution is 2.27. The van der Waals surface area contributed by atoms with Crippen LogP contribution in [0.3, 0.4) is 0 Å². The lowest BCUT2D eigenvalue weighted by molar-refractivity contribution is 0.206. The zero-order valence-electron chi connectivity index (χ0n) is 20.3. The van der Waals surface area contributed by atoms with Crippen molar-refractivity contribution in [2.75, 3.05) is 5.32 Å². The van der Waals surface area contributed by atoms with Crippen molar-refractivity contribution >= 4 is 27.6 Å². The van der Waals surface area contributed by atoms with E-state index in [9.17, 15) is 13.2 Å². The summed E-state index contributed by atoms with van der Waals surface area (Å²) in [4.78, 5) is 15.0. The molecule has 0 saturated carbocycles. The topological polar surface area (TPSA) is 149 Å². The number of nitrogens with two attached hydrogens (primary N) is 1. The third kappa shape index (κ3) is 6.62. The number of benzene rings is 4. The van der Waals surface area contributed by atoms with E-state index in [1.807, 2.05) is 41.9 Å². The first-order chi connectivity index (χ1) is 18.2. The molecule has 0 saturated heterocycles. The van der Waals surface area contributed by atoms with Gasteiger partial charge in [-0.25, -0.2) is 18.4 Å². The number of rotatable bonds is 8. The van der Waals surface area contributed by atoms with Crippen LogP contribution >= 0.6 is 0 Å². The molecule has 4 rings (SSSR count). The molecule has 194 valence electrons. The number of carbonyl (C=O) groups is 1. The van der Waals surface area contributed by atoms with E-state index >= 15 is 0 Å². The third-order valence-electron chi connectivity index (χ3n) is 5.85. The number of hydroxylamine groups is 1. The van der Waals surface area contributed by atoms with Crippen LogP contribution in [0.4, 0.5) is 10.5 Å². The van der Waals surface area contributed by atoms with Crippen molar-refractivity contribution < 1.29 is 18.4 Å². The summed E-state index contributed by atoms with van der Waals surface area (Å²) >= 11 is 0. The van der Waals surface area contributed by atoms with Gasteiger partial charge in [0, 0.05) is 29.9 Å². The van der Waals surface area contributed by atoms with Crippen LogP contribution in [0.2, 0.25) is 0 Å². The second-order valence-corrected chi connectivity index (χ2v) is 10.1. The molecule has 0 unspecified atom stereocenters. The SMILES string of the molecule is N=C(NO)c1cccc(CN(Cc2ccccc2)C(=O)Nc2ccc(-c3ccccc3S(N)(=O)=O)cc2)c1. The summed E-state index contributed by atoms with van der Waals surface area (Å²) < 4.78 is 24.0. The van der Waals surface area contributed by atoms with Crippen molar-refractivity contribution in [2.45, 2.75) is 18.0 Å². The van der Waals surface area contributed by atoms with Crippen LogP contribution in [0, 0.1) is 5.41 Å². The maximum absolute atomic E-state index is 13.4. The smallest absolute Gasteiger partial charge is 0.316 e. The molecule has 0 fully saturated rings. The van der Waals surface area contributed by atoms with Gasteiger partial charge in [-0.05, 0) is 41.0 Å². The number of urea groups is 1. The molecule has 0 aliphatic heterocycles. The molecule has 4 aromatic carbocycles. The molecule has 10 heteroatoms. The number of primary sulfonamides is 1. The normalized spacial score (nSPS) is 11.0. The van der Waals surface area contributed by atoms with Gasteiger partial charge in [-0.3, -0.25) is 16.1 Å². The van der Waals surface area contributed by atoms with Crippen molar-refractivity contribution in [2.24, 2.45) is 5.14 Å². The molecular weight excluding hydrogens is 502 g/mol. The van der Waals surface area contributed by atoms with Crippen LogP contribution in [-0.2, 0) is 23.1 Å². The molecular formula is C28H27N5O4S. The average Bonchev–Trinajstić information content (AvgIpc) is 2.93. The summed E-state index contributed by atoms with van der Waals surface area (Å²) in [7, 11) is -3.90. The first-order valence-corrected chi connectivity index (χ1v) is 13.2. The molecule has 0 heterocycles. The Labute approximate surface area is 221 Å². The first-order valence-electron chi connectivity index (χ1n) is 11.6. The zero-order valence-corrected chi connectivity index (χ0v) is 21.2. The van der Waals surface area contributed by atoms with Crippen LogP contribution in [0.5, 0.6) is 0 Å². The molecule has 0 radical (unpaired) electrons. The van der Waals surface area contributed by atoms with Crippen LogP contribution in [-0.4, -0.2) is 30.4 Å². The summed E-state index contributed by atoms with van der Waals surface area (Å²) in [5, 5.41) is 25.1. The van der Waals surface area contributed by atoms with E-state index in [0.29, 0.717) is 28.9 Å². The number of anilines is 1. The Morgan fingerprint density at radius 1 is 0.842 bits per heavy atom. The highest BCUT2D eigenvalue weighted by atomic mass is 32.2. The van der Waals surface area contributed by atoms with Crippen molar-refractivity contribution in [1.82, 2.24) is 10.4 Å². The number of hydrogen-bond acceptors (Lipinski definition) is 5. The summed E-state index contributed by atoms with van der Waals surface area (Å²) in [6.07, 6.45) is 0. The van der Waals surface area contributed by atoms with Gasteiger partial charge < -0.3 is 10.2 Å². The van der Waals surface area contributed by atoms with Crippen molar-refractivity contribution in [3.8, 4) is 11.1 Å². The van der Waals surface area contributed by atoms with E-state index in [1.54, 1.807) is 65.6 Å². The molecule has 0 spiro atoms. The highest BCUT2D eigenvalue weighted by Gasteiger charge is 2.17. The number of nitrogens with one attached hydrogen (secondary N) is 3. The second kappa shape index (κ2) is 11.7.